The molecule has 0 rings (SSSR count). The van der Waals surface area contributed by atoms with Crippen molar-refractivity contribution in [1.82, 2.24) is 0 Å². The molecule has 2 atom stereocenters. The van der Waals surface area contributed by atoms with E-state index in [9.17, 15) is 5.11 Å². The Hall–Kier alpha value is -1.02. The third-order valence-corrected chi connectivity index (χ3v) is 3.08. The Labute approximate surface area is 125 Å². The SMILES string of the molecule is C=C(CCC/C=C\C)OC(/C=C/C(C)O)CCCCC. The van der Waals surface area contributed by atoms with E-state index in [4.69, 9.17) is 4.74 Å². The first-order valence-electron chi connectivity index (χ1n) is 7.92. The summed E-state index contributed by atoms with van der Waals surface area (Å²) in [4.78, 5) is 0. The number of allylic oxidation sites excluding steroid dienone is 3. The van der Waals surface area contributed by atoms with Gasteiger partial charge in [0.25, 0.3) is 0 Å². The molecule has 0 aliphatic heterocycles. The molecular weight excluding hydrogens is 248 g/mol. The van der Waals surface area contributed by atoms with Gasteiger partial charge in [0.2, 0.25) is 0 Å². The Morgan fingerprint density at radius 2 is 2.00 bits per heavy atom. The zero-order valence-electron chi connectivity index (χ0n) is 13.5. The first-order chi connectivity index (χ1) is 9.60. The summed E-state index contributed by atoms with van der Waals surface area (Å²) < 4.78 is 5.91. The molecule has 0 aromatic carbocycles. The Kier molecular flexibility index (Phi) is 12.3. The highest BCUT2D eigenvalue weighted by Crippen LogP contribution is 2.16. The van der Waals surface area contributed by atoms with Crippen molar-refractivity contribution < 1.29 is 9.84 Å². The zero-order chi connectivity index (χ0) is 15.2. The third-order valence-electron chi connectivity index (χ3n) is 3.08. The minimum atomic E-state index is -0.421. The van der Waals surface area contributed by atoms with E-state index < -0.39 is 6.10 Å². The lowest BCUT2D eigenvalue weighted by molar-refractivity contribution is 0.135. The fourth-order valence-corrected chi connectivity index (χ4v) is 1.93. The van der Waals surface area contributed by atoms with E-state index in [-0.39, 0.29) is 6.10 Å². The van der Waals surface area contributed by atoms with Crippen LogP contribution in [0.5, 0.6) is 0 Å². The van der Waals surface area contributed by atoms with E-state index in [0.29, 0.717) is 0 Å². The van der Waals surface area contributed by atoms with E-state index in [0.717, 1.165) is 37.9 Å². The van der Waals surface area contributed by atoms with Gasteiger partial charge in [0.15, 0.2) is 0 Å². The van der Waals surface area contributed by atoms with Gasteiger partial charge in [-0.2, -0.15) is 0 Å². The molecule has 116 valence electrons. The van der Waals surface area contributed by atoms with Crippen molar-refractivity contribution >= 4 is 0 Å². The summed E-state index contributed by atoms with van der Waals surface area (Å²) in [5.74, 6) is 0.853. The number of hydrogen-bond acceptors (Lipinski definition) is 2. The van der Waals surface area contributed by atoms with Gasteiger partial charge < -0.3 is 9.84 Å². The molecule has 2 nitrogen and oxygen atoms in total. The van der Waals surface area contributed by atoms with E-state index in [1.165, 1.54) is 12.8 Å². The van der Waals surface area contributed by atoms with Gasteiger partial charge in [-0.05, 0) is 45.6 Å². The predicted octanol–water partition coefficient (Wildman–Crippen LogP) is 5.15. The third kappa shape index (κ3) is 12.0. The van der Waals surface area contributed by atoms with E-state index in [2.05, 4.69) is 25.7 Å². The van der Waals surface area contributed by atoms with Crippen molar-refractivity contribution in [2.24, 2.45) is 0 Å². The van der Waals surface area contributed by atoms with Crippen LogP contribution in [-0.2, 0) is 4.74 Å². The molecule has 0 fully saturated rings. The lowest BCUT2D eigenvalue weighted by atomic mass is 10.1. The highest BCUT2D eigenvalue weighted by atomic mass is 16.5. The minimum Gasteiger partial charge on any atom is -0.491 e. The fourth-order valence-electron chi connectivity index (χ4n) is 1.93. The highest BCUT2D eigenvalue weighted by Gasteiger charge is 2.07. The van der Waals surface area contributed by atoms with Crippen molar-refractivity contribution in [3.05, 3.63) is 36.6 Å². The number of aliphatic hydroxyl groups excluding tert-OH is 1. The molecule has 0 spiro atoms. The van der Waals surface area contributed by atoms with E-state index in [1.807, 2.05) is 13.0 Å². The summed E-state index contributed by atoms with van der Waals surface area (Å²) in [6.45, 7) is 9.99. The number of rotatable bonds is 12. The maximum atomic E-state index is 9.34. The molecule has 0 radical (unpaired) electrons. The summed E-state index contributed by atoms with van der Waals surface area (Å²) in [5.41, 5.74) is 0. The van der Waals surface area contributed by atoms with E-state index >= 15 is 0 Å². The van der Waals surface area contributed by atoms with Crippen LogP contribution >= 0.6 is 0 Å². The van der Waals surface area contributed by atoms with Gasteiger partial charge in [-0.3, -0.25) is 0 Å². The van der Waals surface area contributed by atoms with Crippen LogP contribution in [0.25, 0.3) is 0 Å². The van der Waals surface area contributed by atoms with Gasteiger partial charge in [-0.15, -0.1) is 0 Å². The molecule has 0 heterocycles. The second kappa shape index (κ2) is 13.0. The topological polar surface area (TPSA) is 29.5 Å². The molecule has 0 saturated carbocycles. The molecule has 0 amide bonds. The molecule has 20 heavy (non-hydrogen) atoms. The van der Waals surface area contributed by atoms with Gasteiger partial charge in [0.1, 0.15) is 6.10 Å². The standard InChI is InChI=1S/C18H32O2/c1-5-7-9-11-12-17(4)20-18(13-10-8-6-2)15-14-16(3)19/h5,7,14-16,18-19H,4,6,8-13H2,1-3H3/b7-5-,15-14+. The first-order valence-corrected chi connectivity index (χ1v) is 7.92. The summed E-state index contributed by atoms with van der Waals surface area (Å²) in [5, 5.41) is 9.34. The first kappa shape index (κ1) is 19.0. The lowest BCUT2D eigenvalue weighted by Crippen LogP contribution is -2.10. The van der Waals surface area contributed by atoms with Crippen molar-refractivity contribution in [2.75, 3.05) is 0 Å². The number of unbranched alkanes of at least 4 members (excludes halogenated alkanes) is 3. The van der Waals surface area contributed by atoms with Crippen LogP contribution in [0.3, 0.4) is 0 Å². The van der Waals surface area contributed by atoms with Crippen LogP contribution in [0.15, 0.2) is 36.6 Å². The van der Waals surface area contributed by atoms with Gasteiger partial charge >= 0.3 is 0 Å². The zero-order valence-corrected chi connectivity index (χ0v) is 13.5. The highest BCUT2D eigenvalue weighted by molar-refractivity contribution is 4.96. The number of ether oxygens (including phenoxy) is 1. The Morgan fingerprint density at radius 3 is 2.60 bits per heavy atom. The molecule has 0 saturated heterocycles. The molecule has 0 aromatic rings. The maximum absolute atomic E-state index is 9.34. The molecule has 0 aliphatic rings. The van der Waals surface area contributed by atoms with Crippen molar-refractivity contribution in [3.8, 4) is 0 Å². The molecule has 0 aromatic heterocycles. The molecular formula is C18H32O2. The summed E-state index contributed by atoms with van der Waals surface area (Å²) in [6.07, 6.45) is 15.2. The van der Waals surface area contributed by atoms with Crippen LogP contribution in [-0.4, -0.2) is 17.3 Å². The van der Waals surface area contributed by atoms with Crippen LogP contribution in [0, 0.1) is 0 Å². The predicted molar refractivity (Wildman–Crippen MR) is 87.6 cm³/mol. The second-order valence-electron chi connectivity index (χ2n) is 5.28. The van der Waals surface area contributed by atoms with Gasteiger partial charge in [0.05, 0.1) is 11.9 Å². The summed E-state index contributed by atoms with van der Waals surface area (Å²) in [7, 11) is 0. The monoisotopic (exact) mass is 280 g/mol. The molecule has 2 unspecified atom stereocenters. The quantitative estimate of drug-likeness (QED) is 0.304. The van der Waals surface area contributed by atoms with Crippen LogP contribution in [0.4, 0.5) is 0 Å². The molecule has 1 N–H and O–H groups in total. The largest absolute Gasteiger partial charge is 0.491 e. The van der Waals surface area contributed by atoms with Gasteiger partial charge in [-0.1, -0.05) is 44.6 Å². The van der Waals surface area contributed by atoms with Crippen molar-refractivity contribution in [2.45, 2.75) is 77.9 Å². The van der Waals surface area contributed by atoms with Crippen molar-refractivity contribution in [1.29, 1.82) is 0 Å². The smallest absolute Gasteiger partial charge is 0.116 e. The Morgan fingerprint density at radius 1 is 1.25 bits per heavy atom. The molecule has 0 aliphatic carbocycles. The van der Waals surface area contributed by atoms with Gasteiger partial charge in [-0.25, -0.2) is 0 Å². The molecule has 2 heteroatoms. The number of hydrogen-bond donors (Lipinski definition) is 1. The average Bonchev–Trinajstić information content (AvgIpc) is 2.41. The van der Waals surface area contributed by atoms with Crippen LogP contribution < -0.4 is 0 Å². The summed E-state index contributed by atoms with van der Waals surface area (Å²) in [6, 6.07) is 0. The number of aliphatic hydroxyl groups is 1. The minimum absolute atomic E-state index is 0.0466. The van der Waals surface area contributed by atoms with Crippen molar-refractivity contribution in [3.63, 3.8) is 0 Å². The van der Waals surface area contributed by atoms with Crippen LogP contribution in [0.2, 0.25) is 0 Å². The second-order valence-corrected chi connectivity index (χ2v) is 5.28. The van der Waals surface area contributed by atoms with Gasteiger partial charge in [0, 0.05) is 6.42 Å². The molecule has 0 bridgehead atoms. The normalized spacial score (nSPS) is 14.8. The average molecular weight is 280 g/mol. The summed E-state index contributed by atoms with van der Waals surface area (Å²) >= 11 is 0. The lowest BCUT2D eigenvalue weighted by Gasteiger charge is -2.18. The Bertz CT molecular complexity index is 290. The maximum Gasteiger partial charge on any atom is 0.116 e. The Balaban J connectivity index is 4.14. The van der Waals surface area contributed by atoms with Crippen LogP contribution in [0.1, 0.15) is 65.7 Å². The fraction of sp³-hybridized carbons (Fsp3) is 0.667. The van der Waals surface area contributed by atoms with E-state index in [1.54, 1.807) is 13.0 Å².